The molecule has 0 aromatic heterocycles. The molecule has 0 spiro atoms. The van der Waals surface area contributed by atoms with Crippen molar-refractivity contribution in [2.75, 3.05) is 7.11 Å². The third-order valence-corrected chi connectivity index (χ3v) is 2.71. The molecule has 3 heteroatoms. The molecule has 0 fully saturated rings. The molecule has 2 aromatic carbocycles. The first-order valence-electron chi connectivity index (χ1n) is 5.50. The monoisotopic (exact) mass is 240 g/mol. The number of hydrogen-bond acceptors (Lipinski definition) is 3. The van der Waals surface area contributed by atoms with E-state index in [9.17, 15) is 9.59 Å². The summed E-state index contributed by atoms with van der Waals surface area (Å²) in [5.41, 5.74) is 2.43. The summed E-state index contributed by atoms with van der Waals surface area (Å²) in [5.74, 6) is -0.411. The van der Waals surface area contributed by atoms with Crippen LogP contribution < -0.4 is 0 Å². The van der Waals surface area contributed by atoms with Crippen LogP contribution in [0.15, 0.2) is 48.5 Å². The molecular weight excluding hydrogens is 228 g/mol. The Morgan fingerprint density at radius 2 is 1.61 bits per heavy atom. The third kappa shape index (κ3) is 2.15. The van der Waals surface area contributed by atoms with Gasteiger partial charge in [-0.15, -0.1) is 0 Å². The van der Waals surface area contributed by atoms with Crippen LogP contribution in [0.25, 0.3) is 11.1 Å². The molecule has 0 aliphatic carbocycles. The molecule has 0 N–H and O–H groups in total. The number of rotatable bonds is 3. The Hall–Kier alpha value is -2.42. The van der Waals surface area contributed by atoms with Gasteiger partial charge in [0.1, 0.15) is 0 Å². The molecule has 0 unspecified atom stereocenters. The number of aldehydes is 1. The normalized spacial score (nSPS) is 9.83. The van der Waals surface area contributed by atoms with Crippen LogP contribution in [0, 0.1) is 0 Å². The van der Waals surface area contributed by atoms with Gasteiger partial charge in [0.15, 0.2) is 6.29 Å². The molecule has 2 aromatic rings. The van der Waals surface area contributed by atoms with Gasteiger partial charge in [-0.25, -0.2) is 4.79 Å². The van der Waals surface area contributed by atoms with Gasteiger partial charge in [-0.3, -0.25) is 4.79 Å². The SMILES string of the molecule is COC(=O)c1ccccc1-c1ccccc1C=O. The average Bonchev–Trinajstić information content (AvgIpc) is 2.46. The van der Waals surface area contributed by atoms with Gasteiger partial charge >= 0.3 is 5.97 Å². The lowest BCUT2D eigenvalue weighted by molar-refractivity contribution is 0.0601. The maximum absolute atomic E-state index is 11.7. The van der Waals surface area contributed by atoms with Crippen LogP contribution in [-0.4, -0.2) is 19.4 Å². The van der Waals surface area contributed by atoms with Gasteiger partial charge in [0.25, 0.3) is 0 Å². The lowest BCUT2D eigenvalue weighted by Crippen LogP contribution is -2.04. The second kappa shape index (κ2) is 5.27. The first kappa shape index (κ1) is 12.0. The zero-order chi connectivity index (χ0) is 13.0. The Labute approximate surface area is 105 Å². The highest BCUT2D eigenvalue weighted by molar-refractivity contribution is 6.00. The Morgan fingerprint density at radius 1 is 1.00 bits per heavy atom. The standard InChI is InChI=1S/C15H12O3/c1-18-15(17)14-9-5-4-8-13(14)12-7-3-2-6-11(12)10-16/h2-10H,1H3. The summed E-state index contributed by atoms with van der Waals surface area (Å²) in [6, 6.07) is 14.2. The van der Waals surface area contributed by atoms with Crippen LogP contribution in [0.4, 0.5) is 0 Å². The molecule has 0 atom stereocenters. The van der Waals surface area contributed by atoms with Gasteiger partial charge in [-0.2, -0.15) is 0 Å². The zero-order valence-corrected chi connectivity index (χ0v) is 9.92. The highest BCUT2D eigenvalue weighted by atomic mass is 16.5. The van der Waals surface area contributed by atoms with Crippen molar-refractivity contribution in [3.63, 3.8) is 0 Å². The minimum Gasteiger partial charge on any atom is -0.465 e. The number of benzene rings is 2. The van der Waals surface area contributed by atoms with Crippen molar-refractivity contribution < 1.29 is 14.3 Å². The van der Waals surface area contributed by atoms with E-state index in [1.165, 1.54) is 7.11 Å². The van der Waals surface area contributed by atoms with E-state index >= 15 is 0 Å². The largest absolute Gasteiger partial charge is 0.465 e. The number of carbonyl (C=O) groups is 2. The van der Waals surface area contributed by atoms with Crippen LogP contribution >= 0.6 is 0 Å². The van der Waals surface area contributed by atoms with E-state index in [-0.39, 0.29) is 0 Å². The Balaban J connectivity index is 2.64. The summed E-state index contributed by atoms with van der Waals surface area (Å²) in [7, 11) is 1.34. The number of esters is 1. The molecule has 0 saturated carbocycles. The van der Waals surface area contributed by atoms with E-state index < -0.39 is 5.97 Å². The summed E-state index contributed by atoms with van der Waals surface area (Å²) in [4.78, 5) is 22.7. The fourth-order valence-electron chi connectivity index (χ4n) is 1.85. The molecule has 0 aliphatic rings. The third-order valence-electron chi connectivity index (χ3n) is 2.71. The Bertz CT molecular complexity index is 588. The summed E-state index contributed by atoms with van der Waals surface area (Å²) >= 11 is 0. The lowest BCUT2D eigenvalue weighted by atomic mass is 9.96. The van der Waals surface area contributed by atoms with E-state index in [0.29, 0.717) is 16.7 Å². The van der Waals surface area contributed by atoms with Crippen LogP contribution in [0.2, 0.25) is 0 Å². The first-order valence-corrected chi connectivity index (χ1v) is 5.50. The predicted octanol–water partition coefficient (Wildman–Crippen LogP) is 2.95. The van der Waals surface area contributed by atoms with E-state index in [0.717, 1.165) is 11.8 Å². The number of methoxy groups -OCH3 is 1. The van der Waals surface area contributed by atoms with Crippen molar-refractivity contribution >= 4 is 12.3 Å². The topological polar surface area (TPSA) is 43.4 Å². The maximum Gasteiger partial charge on any atom is 0.338 e. The highest BCUT2D eigenvalue weighted by Gasteiger charge is 2.14. The molecule has 18 heavy (non-hydrogen) atoms. The van der Waals surface area contributed by atoms with Crippen LogP contribution in [-0.2, 0) is 4.74 Å². The van der Waals surface area contributed by atoms with E-state index in [1.807, 2.05) is 18.2 Å². The van der Waals surface area contributed by atoms with Crippen LogP contribution in [0.3, 0.4) is 0 Å². The molecular formula is C15H12O3. The second-order valence-corrected chi connectivity index (χ2v) is 3.74. The van der Waals surface area contributed by atoms with Crippen molar-refractivity contribution in [1.82, 2.24) is 0 Å². The van der Waals surface area contributed by atoms with Crippen molar-refractivity contribution in [2.24, 2.45) is 0 Å². The van der Waals surface area contributed by atoms with Gasteiger partial charge in [-0.05, 0) is 17.2 Å². The Kier molecular flexibility index (Phi) is 3.53. The van der Waals surface area contributed by atoms with Gasteiger partial charge in [0, 0.05) is 5.56 Å². The number of hydrogen-bond donors (Lipinski definition) is 0. The van der Waals surface area contributed by atoms with Gasteiger partial charge < -0.3 is 4.74 Å². The molecule has 0 heterocycles. The molecule has 0 amide bonds. The minimum absolute atomic E-state index is 0.411. The minimum atomic E-state index is -0.411. The molecule has 0 radical (unpaired) electrons. The first-order chi connectivity index (χ1) is 8.77. The lowest BCUT2D eigenvalue weighted by Gasteiger charge is -2.09. The molecule has 2 rings (SSSR count). The van der Waals surface area contributed by atoms with Crippen molar-refractivity contribution in [1.29, 1.82) is 0 Å². The van der Waals surface area contributed by atoms with E-state index in [4.69, 9.17) is 4.74 Å². The number of carbonyl (C=O) groups excluding carboxylic acids is 2. The van der Waals surface area contributed by atoms with E-state index in [1.54, 1.807) is 30.3 Å². The van der Waals surface area contributed by atoms with Crippen molar-refractivity contribution in [3.8, 4) is 11.1 Å². The summed E-state index contributed by atoms with van der Waals surface area (Å²) in [6.45, 7) is 0. The fourth-order valence-corrected chi connectivity index (χ4v) is 1.85. The summed E-state index contributed by atoms with van der Waals surface area (Å²) in [5, 5.41) is 0. The van der Waals surface area contributed by atoms with Crippen molar-refractivity contribution in [2.45, 2.75) is 0 Å². The maximum atomic E-state index is 11.7. The van der Waals surface area contributed by atoms with Gasteiger partial charge in [-0.1, -0.05) is 42.5 Å². The molecule has 3 nitrogen and oxygen atoms in total. The quantitative estimate of drug-likeness (QED) is 0.612. The smallest absolute Gasteiger partial charge is 0.338 e. The average molecular weight is 240 g/mol. The molecule has 0 aliphatic heterocycles. The van der Waals surface area contributed by atoms with Crippen LogP contribution in [0.5, 0.6) is 0 Å². The van der Waals surface area contributed by atoms with Crippen LogP contribution in [0.1, 0.15) is 20.7 Å². The molecule has 0 bridgehead atoms. The van der Waals surface area contributed by atoms with Crippen molar-refractivity contribution in [3.05, 3.63) is 59.7 Å². The highest BCUT2D eigenvalue weighted by Crippen LogP contribution is 2.26. The number of ether oxygens (including phenoxy) is 1. The van der Waals surface area contributed by atoms with E-state index in [2.05, 4.69) is 0 Å². The van der Waals surface area contributed by atoms with Gasteiger partial charge in [0.05, 0.1) is 12.7 Å². The molecule has 90 valence electrons. The fraction of sp³-hybridized carbons (Fsp3) is 0.0667. The molecule has 0 saturated heterocycles. The second-order valence-electron chi connectivity index (χ2n) is 3.74. The zero-order valence-electron chi connectivity index (χ0n) is 9.92. The Morgan fingerprint density at radius 3 is 2.28 bits per heavy atom. The summed E-state index contributed by atoms with van der Waals surface area (Å²) in [6.07, 6.45) is 0.781. The summed E-state index contributed by atoms with van der Waals surface area (Å²) < 4.78 is 4.74. The van der Waals surface area contributed by atoms with Gasteiger partial charge in [0.2, 0.25) is 0 Å². The predicted molar refractivity (Wildman–Crippen MR) is 68.6 cm³/mol.